The van der Waals surface area contributed by atoms with Gasteiger partial charge >= 0.3 is 11.9 Å². The highest BCUT2D eigenvalue weighted by molar-refractivity contribution is 7.81. The summed E-state index contributed by atoms with van der Waals surface area (Å²) in [4.78, 5) is 22.4. The van der Waals surface area contributed by atoms with Crippen LogP contribution in [-0.4, -0.2) is 28.7 Å². The van der Waals surface area contributed by atoms with Gasteiger partial charge in [0.15, 0.2) is 0 Å². The lowest BCUT2D eigenvalue weighted by Gasteiger charge is -2.15. The van der Waals surface area contributed by atoms with Gasteiger partial charge < -0.3 is 9.47 Å². The summed E-state index contributed by atoms with van der Waals surface area (Å²) in [5.41, 5.74) is 0. The molecule has 0 amide bonds. The number of hydrogen-bond acceptors (Lipinski definition) is 6. The minimum absolute atomic E-state index is 0.0761. The summed E-state index contributed by atoms with van der Waals surface area (Å²) < 4.78 is 9.72. The van der Waals surface area contributed by atoms with E-state index in [9.17, 15) is 9.59 Å². The van der Waals surface area contributed by atoms with Crippen LogP contribution in [0.3, 0.4) is 0 Å². The minimum Gasteiger partial charge on any atom is -0.425 e. The summed E-state index contributed by atoms with van der Waals surface area (Å²) in [5, 5.41) is -0.152. The van der Waals surface area contributed by atoms with Gasteiger partial charge in [-0.3, -0.25) is 9.59 Å². The van der Waals surface area contributed by atoms with E-state index in [1.54, 1.807) is 13.8 Å². The van der Waals surface area contributed by atoms with Crippen LogP contribution >= 0.6 is 25.3 Å². The van der Waals surface area contributed by atoms with Crippen LogP contribution in [0.4, 0.5) is 0 Å². The molecule has 2 unspecified atom stereocenters. The molecule has 0 N–H and O–H groups in total. The average molecular weight is 266 g/mol. The van der Waals surface area contributed by atoms with Crippen LogP contribution in [0.5, 0.6) is 0 Å². The Kier molecular flexibility index (Phi) is 7.66. The number of thiol groups is 2. The third kappa shape index (κ3) is 8.91. The lowest BCUT2D eigenvalue weighted by atomic mass is 10.3. The Hall–Kier alpha value is -0.360. The Morgan fingerprint density at radius 2 is 1.25 bits per heavy atom. The molecule has 0 bridgehead atoms. The summed E-state index contributed by atoms with van der Waals surface area (Å²) in [5.74, 6) is -0.858. The molecule has 0 heterocycles. The first-order valence-electron chi connectivity index (χ1n) is 5.06. The van der Waals surface area contributed by atoms with Gasteiger partial charge in [-0.1, -0.05) is 13.8 Å². The zero-order valence-corrected chi connectivity index (χ0v) is 11.5. The van der Waals surface area contributed by atoms with Gasteiger partial charge in [-0.15, -0.1) is 0 Å². The van der Waals surface area contributed by atoms with Gasteiger partial charge in [0, 0.05) is 17.4 Å². The van der Waals surface area contributed by atoms with E-state index in [0.29, 0.717) is 0 Å². The predicted molar refractivity (Wildman–Crippen MR) is 67.8 cm³/mol. The van der Waals surface area contributed by atoms with Crippen LogP contribution in [0, 0.1) is 0 Å². The molecule has 0 aromatic heterocycles. The monoisotopic (exact) mass is 266 g/mol. The Morgan fingerprint density at radius 1 is 0.938 bits per heavy atom. The van der Waals surface area contributed by atoms with E-state index in [4.69, 9.17) is 9.47 Å². The van der Waals surface area contributed by atoms with E-state index in [2.05, 4.69) is 25.3 Å². The SMILES string of the molecule is CC(S)CC(=O)OC(C)OC(=O)CC(C)S. The standard InChI is InChI=1S/C10H18O4S2/c1-6(15)4-9(11)13-8(3)14-10(12)5-7(2)16/h6-8,15-16H,4-5H2,1-3H3. The molecule has 16 heavy (non-hydrogen) atoms. The maximum absolute atomic E-state index is 11.2. The fourth-order valence-electron chi connectivity index (χ4n) is 0.973. The zero-order chi connectivity index (χ0) is 12.7. The van der Waals surface area contributed by atoms with E-state index in [-0.39, 0.29) is 23.3 Å². The Balaban J connectivity index is 3.85. The first-order valence-corrected chi connectivity index (χ1v) is 6.09. The molecule has 0 saturated carbocycles. The topological polar surface area (TPSA) is 52.6 Å². The first kappa shape index (κ1) is 15.6. The van der Waals surface area contributed by atoms with E-state index in [1.807, 2.05) is 0 Å². The molecule has 4 nitrogen and oxygen atoms in total. The van der Waals surface area contributed by atoms with Gasteiger partial charge in [-0.05, 0) is 0 Å². The largest absolute Gasteiger partial charge is 0.425 e. The van der Waals surface area contributed by atoms with Gasteiger partial charge in [-0.25, -0.2) is 0 Å². The van der Waals surface area contributed by atoms with Crippen molar-refractivity contribution in [3.8, 4) is 0 Å². The Labute approximate surface area is 107 Å². The van der Waals surface area contributed by atoms with E-state index >= 15 is 0 Å². The summed E-state index contributed by atoms with van der Waals surface area (Å²) >= 11 is 8.11. The second-order valence-electron chi connectivity index (χ2n) is 3.65. The van der Waals surface area contributed by atoms with Crippen molar-refractivity contribution in [1.82, 2.24) is 0 Å². The minimum atomic E-state index is -0.862. The smallest absolute Gasteiger partial charge is 0.309 e. The van der Waals surface area contributed by atoms with Crippen LogP contribution in [0.15, 0.2) is 0 Å². The summed E-state index contributed by atoms with van der Waals surface area (Å²) in [6.07, 6.45) is -0.485. The number of carbonyl (C=O) groups is 2. The molecular formula is C10H18O4S2. The summed E-state index contributed by atoms with van der Waals surface area (Å²) in [6, 6.07) is 0. The van der Waals surface area contributed by atoms with E-state index in [1.165, 1.54) is 6.92 Å². The van der Waals surface area contributed by atoms with Crippen molar-refractivity contribution in [1.29, 1.82) is 0 Å². The second kappa shape index (κ2) is 7.84. The third-order valence-corrected chi connectivity index (χ3v) is 1.88. The van der Waals surface area contributed by atoms with Crippen LogP contribution in [0.1, 0.15) is 33.6 Å². The normalized spacial score (nSPS) is 16.1. The quantitative estimate of drug-likeness (QED) is 0.437. The zero-order valence-electron chi connectivity index (χ0n) is 9.67. The highest BCUT2D eigenvalue weighted by Crippen LogP contribution is 2.06. The highest BCUT2D eigenvalue weighted by atomic mass is 32.1. The van der Waals surface area contributed by atoms with Gasteiger partial charge in [0.25, 0.3) is 0 Å². The fourth-order valence-corrected chi connectivity index (χ4v) is 1.27. The molecule has 0 rings (SSSR count). The van der Waals surface area contributed by atoms with Crippen LogP contribution in [0.2, 0.25) is 0 Å². The number of carbonyl (C=O) groups excluding carboxylic acids is 2. The van der Waals surface area contributed by atoms with Crippen LogP contribution in [-0.2, 0) is 19.1 Å². The Bertz CT molecular complexity index is 217. The van der Waals surface area contributed by atoms with Gasteiger partial charge in [0.05, 0.1) is 12.8 Å². The molecular weight excluding hydrogens is 248 g/mol. The van der Waals surface area contributed by atoms with Crippen molar-refractivity contribution < 1.29 is 19.1 Å². The second-order valence-corrected chi connectivity index (χ2v) is 5.42. The molecule has 2 atom stereocenters. The van der Waals surface area contributed by atoms with Crippen molar-refractivity contribution in [2.24, 2.45) is 0 Å². The maximum atomic E-state index is 11.2. The predicted octanol–water partition coefficient (Wildman–Crippen LogP) is 1.84. The molecule has 0 radical (unpaired) electrons. The van der Waals surface area contributed by atoms with Crippen molar-refractivity contribution in [3.63, 3.8) is 0 Å². The van der Waals surface area contributed by atoms with E-state index in [0.717, 1.165) is 0 Å². The first-order chi connectivity index (χ1) is 7.31. The molecule has 6 heteroatoms. The molecule has 0 aromatic rings. The van der Waals surface area contributed by atoms with Gasteiger partial charge in [0.1, 0.15) is 0 Å². The lowest BCUT2D eigenvalue weighted by molar-refractivity contribution is -0.184. The molecule has 0 aromatic carbocycles. The van der Waals surface area contributed by atoms with Gasteiger partial charge in [-0.2, -0.15) is 25.3 Å². The van der Waals surface area contributed by atoms with Crippen molar-refractivity contribution >= 4 is 37.2 Å². The molecule has 0 aliphatic rings. The number of rotatable bonds is 6. The van der Waals surface area contributed by atoms with Crippen molar-refractivity contribution in [2.75, 3.05) is 0 Å². The number of ether oxygens (including phenoxy) is 2. The third-order valence-electron chi connectivity index (χ3n) is 1.52. The summed E-state index contributed by atoms with van der Waals surface area (Å²) in [7, 11) is 0. The van der Waals surface area contributed by atoms with Crippen LogP contribution in [0.25, 0.3) is 0 Å². The Morgan fingerprint density at radius 3 is 1.50 bits per heavy atom. The number of hydrogen-bond donors (Lipinski definition) is 2. The molecule has 94 valence electrons. The average Bonchev–Trinajstić information content (AvgIpc) is 1.97. The molecule has 0 aliphatic heterocycles. The fraction of sp³-hybridized carbons (Fsp3) is 0.800. The molecule has 0 fully saturated rings. The number of esters is 2. The lowest BCUT2D eigenvalue weighted by Crippen LogP contribution is -2.23. The summed E-state index contributed by atoms with van der Waals surface area (Å²) in [6.45, 7) is 5.06. The molecule has 0 spiro atoms. The van der Waals surface area contributed by atoms with Crippen LogP contribution < -0.4 is 0 Å². The molecule has 0 aliphatic carbocycles. The maximum Gasteiger partial charge on any atom is 0.309 e. The highest BCUT2D eigenvalue weighted by Gasteiger charge is 2.16. The molecule has 0 saturated heterocycles. The van der Waals surface area contributed by atoms with E-state index < -0.39 is 18.2 Å². The van der Waals surface area contributed by atoms with Crippen molar-refractivity contribution in [2.45, 2.75) is 50.4 Å². The van der Waals surface area contributed by atoms with Gasteiger partial charge in [0.2, 0.25) is 6.29 Å². The van der Waals surface area contributed by atoms with Crippen molar-refractivity contribution in [3.05, 3.63) is 0 Å².